The van der Waals surface area contributed by atoms with E-state index in [1.807, 2.05) is 0 Å². The van der Waals surface area contributed by atoms with Crippen molar-refractivity contribution in [3.63, 3.8) is 0 Å². The van der Waals surface area contributed by atoms with E-state index in [1.165, 1.54) is 238 Å². The maximum absolute atomic E-state index is 13.0. The molecular weight excluding hydrogens is 930 g/mol. The second kappa shape index (κ2) is 48.7. The summed E-state index contributed by atoms with van der Waals surface area (Å²) in [5, 5.41) is 64.3. The molecule has 1 amide bonds. The topological polar surface area (TPSA) is 206 Å². The Labute approximate surface area is 442 Å². The van der Waals surface area contributed by atoms with Crippen LogP contribution in [0.15, 0.2) is 0 Å². The molecular formula is C59H118NO11P. The molecule has 1 fully saturated rings. The Morgan fingerprint density at radius 1 is 0.417 bits per heavy atom. The zero-order valence-electron chi connectivity index (χ0n) is 46.8. The van der Waals surface area contributed by atoms with Gasteiger partial charge in [-0.25, -0.2) is 4.57 Å². The van der Waals surface area contributed by atoms with Crippen molar-refractivity contribution < 1.29 is 53.9 Å². The molecule has 0 radical (unpaired) electrons. The summed E-state index contributed by atoms with van der Waals surface area (Å²) in [6, 6.07) is -1.03. The first-order chi connectivity index (χ1) is 34.9. The SMILES string of the molecule is CCCCCCCCCCCCCCCCCCCCCCCCCCCCCCCCCCCCC(=O)N[C@@H](COP(=O)(O)OC1C(O)C(O)C(O)[C@@H](O)C1O)[C@H](O)CCCCCCCCCCCCC. The van der Waals surface area contributed by atoms with Gasteiger partial charge in [-0.2, -0.15) is 0 Å². The van der Waals surface area contributed by atoms with Crippen molar-refractivity contribution >= 4 is 13.7 Å². The lowest BCUT2D eigenvalue weighted by Gasteiger charge is -2.41. The van der Waals surface area contributed by atoms with E-state index in [9.17, 15) is 44.9 Å². The van der Waals surface area contributed by atoms with Crippen molar-refractivity contribution in [3.8, 4) is 0 Å². The highest BCUT2D eigenvalue weighted by atomic mass is 31.2. The van der Waals surface area contributed by atoms with Crippen molar-refractivity contribution in [1.29, 1.82) is 0 Å². The number of hydrogen-bond donors (Lipinski definition) is 8. The second-order valence-electron chi connectivity index (χ2n) is 22.3. The molecule has 9 atom stereocenters. The molecule has 12 nitrogen and oxygen atoms in total. The maximum Gasteiger partial charge on any atom is 0.472 e. The minimum Gasteiger partial charge on any atom is -0.391 e. The fraction of sp³-hybridized carbons (Fsp3) is 0.983. The Kier molecular flexibility index (Phi) is 46.9. The summed E-state index contributed by atoms with van der Waals surface area (Å²) in [5.41, 5.74) is 0. The fourth-order valence-electron chi connectivity index (χ4n) is 10.4. The zero-order valence-corrected chi connectivity index (χ0v) is 47.7. The number of carbonyl (C=O) groups excluding carboxylic acids is 1. The van der Waals surface area contributed by atoms with Gasteiger partial charge in [0.15, 0.2) is 0 Å². The van der Waals surface area contributed by atoms with Gasteiger partial charge in [0.2, 0.25) is 5.91 Å². The van der Waals surface area contributed by atoms with Gasteiger partial charge in [0.25, 0.3) is 0 Å². The summed E-state index contributed by atoms with van der Waals surface area (Å²) in [6.07, 6.45) is 46.2. The second-order valence-corrected chi connectivity index (χ2v) is 23.7. The fourth-order valence-corrected chi connectivity index (χ4v) is 11.4. The number of aliphatic hydroxyl groups excluding tert-OH is 6. The Bertz CT molecular complexity index is 1220. The molecule has 0 aromatic heterocycles. The van der Waals surface area contributed by atoms with Crippen LogP contribution in [-0.4, -0.2) is 96.8 Å². The number of nitrogens with one attached hydrogen (secondary N) is 1. The first-order valence-electron chi connectivity index (χ1n) is 31.0. The van der Waals surface area contributed by atoms with Gasteiger partial charge < -0.3 is 40.8 Å². The number of carbonyl (C=O) groups is 1. The standard InChI is InChI=1S/C59H118NO11P/c1-3-5-7-9-11-13-15-16-17-18-19-20-21-22-23-24-25-26-27-28-29-30-31-32-33-34-35-36-37-39-41-43-45-47-49-53(62)60-51(52(61)48-46-44-42-40-38-14-12-10-8-6-4-2)50-70-72(68,69)71-59-57(66)55(64)54(63)56(65)58(59)67/h51-52,54-59,61,63-67H,3-50H2,1-2H3,(H,60,62)(H,68,69)/t51-,52+,54?,55+,56?,57?,58?,59?/m0/s1. The van der Waals surface area contributed by atoms with Gasteiger partial charge in [0.05, 0.1) is 18.8 Å². The molecule has 0 heterocycles. The number of phosphoric ester groups is 1. The monoisotopic (exact) mass is 1050 g/mol. The first-order valence-corrected chi connectivity index (χ1v) is 32.5. The normalized spacial score (nSPS) is 21.0. The molecule has 0 aromatic carbocycles. The number of hydrogen-bond acceptors (Lipinski definition) is 10. The van der Waals surface area contributed by atoms with Gasteiger partial charge >= 0.3 is 7.82 Å². The van der Waals surface area contributed by atoms with Crippen LogP contribution in [0.5, 0.6) is 0 Å². The van der Waals surface area contributed by atoms with Gasteiger partial charge in [0, 0.05) is 6.42 Å². The number of rotatable bonds is 54. The molecule has 0 bridgehead atoms. The van der Waals surface area contributed by atoms with Crippen molar-refractivity contribution in [2.75, 3.05) is 6.61 Å². The van der Waals surface area contributed by atoms with Gasteiger partial charge in [-0.3, -0.25) is 13.8 Å². The minimum atomic E-state index is -5.05. The molecule has 0 saturated heterocycles. The van der Waals surface area contributed by atoms with E-state index in [4.69, 9.17) is 9.05 Å². The number of phosphoric acid groups is 1. The van der Waals surface area contributed by atoms with E-state index in [1.54, 1.807) is 0 Å². The van der Waals surface area contributed by atoms with E-state index in [-0.39, 0.29) is 12.3 Å². The lowest BCUT2D eigenvalue weighted by Crippen LogP contribution is -2.64. The molecule has 8 N–H and O–H groups in total. The van der Waals surface area contributed by atoms with Crippen molar-refractivity contribution in [1.82, 2.24) is 5.32 Å². The van der Waals surface area contributed by atoms with Crippen LogP contribution < -0.4 is 5.32 Å². The third-order valence-electron chi connectivity index (χ3n) is 15.4. The number of unbranched alkanes of at least 4 members (excludes halogenated alkanes) is 43. The molecule has 13 heteroatoms. The Hall–Kier alpha value is -0.660. The molecule has 1 saturated carbocycles. The molecule has 0 spiro atoms. The Morgan fingerprint density at radius 2 is 0.667 bits per heavy atom. The van der Waals surface area contributed by atoms with Crippen LogP contribution >= 0.6 is 7.82 Å². The van der Waals surface area contributed by atoms with Crippen LogP contribution in [-0.2, 0) is 18.4 Å². The van der Waals surface area contributed by atoms with Gasteiger partial charge in [-0.1, -0.05) is 296 Å². The summed E-state index contributed by atoms with van der Waals surface area (Å²) >= 11 is 0. The summed E-state index contributed by atoms with van der Waals surface area (Å²) in [5.74, 6) is -0.301. The molecule has 6 unspecified atom stereocenters. The largest absolute Gasteiger partial charge is 0.472 e. The summed E-state index contributed by atoms with van der Waals surface area (Å²) < 4.78 is 23.1. The third kappa shape index (κ3) is 38.8. The molecule has 0 aromatic rings. The smallest absolute Gasteiger partial charge is 0.391 e. The van der Waals surface area contributed by atoms with E-state index >= 15 is 0 Å². The number of amides is 1. The molecule has 1 aliphatic rings. The predicted octanol–water partition coefficient (Wildman–Crippen LogP) is 14.5. The van der Waals surface area contributed by atoms with Gasteiger partial charge in [-0.15, -0.1) is 0 Å². The van der Waals surface area contributed by atoms with E-state index in [0.29, 0.717) is 19.3 Å². The lowest BCUT2D eigenvalue weighted by molar-refractivity contribution is -0.220. The minimum absolute atomic E-state index is 0.243. The molecule has 0 aliphatic heterocycles. The zero-order chi connectivity index (χ0) is 52.8. The summed E-state index contributed by atoms with van der Waals surface area (Å²) in [6.45, 7) is 3.92. The molecule has 72 heavy (non-hydrogen) atoms. The third-order valence-corrected chi connectivity index (χ3v) is 16.4. The molecule has 430 valence electrons. The van der Waals surface area contributed by atoms with Crippen LogP contribution in [0.3, 0.4) is 0 Å². The van der Waals surface area contributed by atoms with E-state index < -0.39 is 63.2 Å². The van der Waals surface area contributed by atoms with Gasteiger partial charge in [0.1, 0.15) is 36.6 Å². The first kappa shape index (κ1) is 69.4. The highest BCUT2D eigenvalue weighted by molar-refractivity contribution is 7.47. The highest BCUT2D eigenvalue weighted by Gasteiger charge is 2.51. The summed E-state index contributed by atoms with van der Waals surface area (Å²) in [7, 11) is -5.05. The molecule has 1 rings (SSSR count). The average molecular weight is 1050 g/mol. The van der Waals surface area contributed by atoms with Crippen molar-refractivity contribution in [3.05, 3.63) is 0 Å². The van der Waals surface area contributed by atoms with Crippen molar-refractivity contribution in [2.45, 2.75) is 364 Å². The maximum atomic E-state index is 13.0. The van der Waals surface area contributed by atoms with E-state index in [0.717, 1.165) is 38.5 Å². The average Bonchev–Trinajstić information content (AvgIpc) is 3.37. The van der Waals surface area contributed by atoms with Crippen LogP contribution in [0, 0.1) is 0 Å². The number of aliphatic hydroxyl groups is 6. The van der Waals surface area contributed by atoms with E-state index in [2.05, 4.69) is 19.2 Å². The van der Waals surface area contributed by atoms with Crippen LogP contribution in [0.25, 0.3) is 0 Å². The van der Waals surface area contributed by atoms with Crippen molar-refractivity contribution in [2.24, 2.45) is 0 Å². The highest BCUT2D eigenvalue weighted by Crippen LogP contribution is 2.47. The molecule has 1 aliphatic carbocycles. The Morgan fingerprint density at radius 3 is 0.958 bits per heavy atom. The van der Waals surface area contributed by atoms with Gasteiger partial charge in [-0.05, 0) is 12.8 Å². The van der Waals surface area contributed by atoms with Crippen LogP contribution in [0.2, 0.25) is 0 Å². The summed E-state index contributed by atoms with van der Waals surface area (Å²) in [4.78, 5) is 23.5. The lowest BCUT2D eigenvalue weighted by atomic mass is 9.85. The van der Waals surface area contributed by atoms with Crippen LogP contribution in [0.4, 0.5) is 0 Å². The quantitative estimate of drug-likeness (QED) is 0.0212. The van der Waals surface area contributed by atoms with Crippen LogP contribution in [0.1, 0.15) is 316 Å². The Balaban J connectivity index is 2.13. The predicted molar refractivity (Wildman–Crippen MR) is 297 cm³/mol.